The Balaban J connectivity index is 1.70. The summed E-state index contributed by atoms with van der Waals surface area (Å²) >= 11 is 0. The number of pyridine rings is 1. The molecule has 0 bridgehead atoms. The zero-order valence-corrected chi connectivity index (χ0v) is 22.3. The SMILES string of the molecule is C=CC(=O)N1CCCC[C@@H](n2c(CC(=O)c3ccnc(C)c3)nc3ccc4c(c32)C(F)(F)CN(C)CCO4)C1. The van der Waals surface area contributed by atoms with Gasteiger partial charge in [0.15, 0.2) is 5.78 Å². The molecule has 8 nitrogen and oxygen atoms in total. The van der Waals surface area contributed by atoms with Crippen LogP contribution in [0.25, 0.3) is 11.0 Å². The van der Waals surface area contributed by atoms with Crippen molar-refractivity contribution in [3.05, 3.63) is 65.8 Å². The second-order valence-electron chi connectivity index (χ2n) is 10.4. The minimum absolute atomic E-state index is 0.0782. The summed E-state index contributed by atoms with van der Waals surface area (Å²) in [5.41, 5.74) is 1.61. The zero-order valence-electron chi connectivity index (χ0n) is 22.3. The van der Waals surface area contributed by atoms with Gasteiger partial charge in [0, 0.05) is 37.1 Å². The van der Waals surface area contributed by atoms with Crippen LogP contribution in [0.15, 0.2) is 43.1 Å². The number of carbonyl (C=O) groups is 2. The second-order valence-corrected chi connectivity index (χ2v) is 10.4. The van der Waals surface area contributed by atoms with Gasteiger partial charge in [0.05, 0.1) is 35.6 Å². The maximum atomic E-state index is 16.0. The van der Waals surface area contributed by atoms with Crippen molar-refractivity contribution in [2.24, 2.45) is 0 Å². The molecule has 39 heavy (non-hydrogen) atoms. The van der Waals surface area contributed by atoms with Crippen LogP contribution in [0.5, 0.6) is 5.75 Å². The number of amides is 1. The molecule has 1 atom stereocenters. The van der Waals surface area contributed by atoms with Crippen LogP contribution in [-0.4, -0.2) is 75.9 Å². The number of fused-ring (bicyclic) bond motifs is 3. The number of rotatable bonds is 5. The lowest BCUT2D eigenvalue weighted by atomic mass is 10.0. The third kappa shape index (κ3) is 5.43. The molecule has 1 amide bonds. The molecular formula is C29H33F2N5O3. The standard InChI is InChI=1S/C29H33F2N5O3/c1-4-26(38)35-12-6-5-7-21(17-35)36-25(16-23(37)20-10-11-32-19(2)15-20)33-22-8-9-24-27(28(22)36)29(30,31)18-34(3)13-14-39-24/h4,8-11,15,21H,1,5-7,12-14,16-18H2,2-3H3/t21-/m1/s1. The van der Waals surface area contributed by atoms with E-state index >= 15 is 8.78 Å². The van der Waals surface area contributed by atoms with Crippen molar-refractivity contribution in [3.63, 3.8) is 0 Å². The number of nitrogens with zero attached hydrogens (tertiary/aromatic N) is 5. The summed E-state index contributed by atoms with van der Waals surface area (Å²) in [6.07, 6.45) is 5.01. The maximum Gasteiger partial charge on any atom is 0.291 e. The Labute approximate surface area is 226 Å². The van der Waals surface area contributed by atoms with Gasteiger partial charge in [-0.25, -0.2) is 4.98 Å². The molecule has 0 aliphatic carbocycles. The van der Waals surface area contributed by atoms with Crippen molar-refractivity contribution in [1.29, 1.82) is 0 Å². The predicted octanol–water partition coefficient (Wildman–Crippen LogP) is 4.32. The van der Waals surface area contributed by atoms with Gasteiger partial charge < -0.3 is 14.2 Å². The predicted molar refractivity (Wildman–Crippen MR) is 143 cm³/mol. The molecule has 0 unspecified atom stereocenters. The van der Waals surface area contributed by atoms with E-state index in [1.54, 1.807) is 58.8 Å². The van der Waals surface area contributed by atoms with Gasteiger partial charge in [0.2, 0.25) is 5.91 Å². The minimum Gasteiger partial charge on any atom is -0.492 e. The van der Waals surface area contributed by atoms with E-state index < -0.39 is 12.5 Å². The van der Waals surface area contributed by atoms with Gasteiger partial charge in [-0.05, 0) is 63.6 Å². The summed E-state index contributed by atoms with van der Waals surface area (Å²) < 4.78 is 39.6. The number of hydrogen-bond donors (Lipinski definition) is 0. The third-order valence-corrected chi connectivity index (χ3v) is 7.49. The molecule has 0 spiro atoms. The highest BCUT2D eigenvalue weighted by Gasteiger charge is 2.42. The molecule has 2 aliphatic rings. The van der Waals surface area contributed by atoms with Gasteiger partial charge in [-0.3, -0.25) is 19.5 Å². The van der Waals surface area contributed by atoms with Crippen LogP contribution in [0.1, 0.15) is 52.7 Å². The zero-order chi connectivity index (χ0) is 27.7. The summed E-state index contributed by atoms with van der Waals surface area (Å²) in [6, 6.07) is 6.23. The molecule has 4 heterocycles. The van der Waals surface area contributed by atoms with Crippen molar-refractivity contribution in [3.8, 4) is 5.75 Å². The lowest BCUT2D eigenvalue weighted by molar-refractivity contribution is -0.126. The number of alkyl halides is 2. The van der Waals surface area contributed by atoms with E-state index in [1.165, 1.54) is 6.08 Å². The number of ether oxygens (including phenoxy) is 1. The largest absolute Gasteiger partial charge is 0.492 e. The van der Waals surface area contributed by atoms with Crippen molar-refractivity contribution in [2.45, 2.75) is 44.6 Å². The van der Waals surface area contributed by atoms with E-state index in [9.17, 15) is 9.59 Å². The lowest BCUT2D eigenvalue weighted by Crippen LogP contribution is -2.38. The number of carbonyl (C=O) groups excluding carboxylic acids is 2. The highest BCUT2D eigenvalue weighted by molar-refractivity contribution is 5.97. The molecular weight excluding hydrogens is 504 g/mol. The number of halogens is 2. The van der Waals surface area contributed by atoms with E-state index in [0.717, 1.165) is 12.8 Å². The fraction of sp³-hybridized carbons (Fsp3) is 0.448. The number of aromatic nitrogens is 3. The fourth-order valence-electron chi connectivity index (χ4n) is 5.64. The van der Waals surface area contributed by atoms with E-state index in [0.29, 0.717) is 48.7 Å². The number of likely N-dealkylation sites (N-methyl/N-ethyl adjacent to an activating group) is 1. The van der Waals surface area contributed by atoms with Crippen LogP contribution >= 0.6 is 0 Å². The van der Waals surface area contributed by atoms with Crippen molar-refractivity contribution >= 4 is 22.7 Å². The summed E-state index contributed by atoms with van der Waals surface area (Å²) in [5, 5.41) is 0. The van der Waals surface area contributed by atoms with Crippen molar-refractivity contribution in [2.75, 3.05) is 39.8 Å². The summed E-state index contributed by atoms with van der Waals surface area (Å²) in [6.45, 7) is 6.47. The first-order valence-electron chi connectivity index (χ1n) is 13.3. The summed E-state index contributed by atoms with van der Waals surface area (Å²) in [5.74, 6) is -3.11. The van der Waals surface area contributed by atoms with Crippen LogP contribution in [-0.2, 0) is 17.1 Å². The number of likely N-dealkylation sites (tertiary alicyclic amines) is 1. The van der Waals surface area contributed by atoms with Gasteiger partial charge in [0.1, 0.15) is 18.2 Å². The van der Waals surface area contributed by atoms with E-state index in [1.807, 2.05) is 0 Å². The third-order valence-electron chi connectivity index (χ3n) is 7.49. The monoisotopic (exact) mass is 537 g/mol. The second kappa shape index (κ2) is 10.8. The number of hydrogen-bond acceptors (Lipinski definition) is 6. The van der Waals surface area contributed by atoms with Crippen LogP contribution in [0.4, 0.5) is 8.78 Å². The molecule has 0 N–H and O–H groups in total. The topological polar surface area (TPSA) is 80.6 Å². The molecule has 2 aromatic heterocycles. The average molecular weight is 538 g/mol. The number of Topliss-reactive ketones (excluding diaryl/α,β-unsaturated/α-hetero) is 1. The molecule has 3 aromatic rings. The smallest absolute Gasteiger partial charge is 0.291 e. The molecule has 1 saturated heterocycles. The highest BCUT2D eigenvalue weighted by Crippen LogP contribution is 2.43. The fourth-order valence-corrected chi connectivity index (χ4v) is 5.64. The normalized spacial score (nSPS) is 19.9. The molecule has 0 saturated carbocycles. The first-order valence-corrected chi connectivity index (χ1v) is 13.3. The van der Waals surface area contributed by atoms with Crippen LogP contribution in [0, 0.1) is 6.92 Å². The Morgan fingerprint density at radius 1 is 1.23 bits per heavy atom. The summed E-state index contributed by atoms with van der Waals surface area (Å²) in [7, 11) is 1.64. The van der Waals surface area contributed by atoms with Gasteiger partial charge in [-0.2, -0.15) is 8.78 Å². The van der Waals surface area contributed by atoms with Gasteiger partial charge in [-0.15, -0.1) is 0 Å². The van der Waals surface area contributed by atoms with Crippen molar-refractivity contribution in [1.82, 2.24) is 24.3 Å². The van der Waals surface area contributed by atoms with Gasteiger partial charge in [-0.1, -0.05) is 6.58 Å². The number of aryl methyl sites for hydroxylation is 1. The maximum absolute atomic E-state index is 16.0. The van der Waals surface area contributed by atoms with Gasteiger partial charge >= 0.3 is 0 Å². The first-order chi connectivity index (χ1) is 18.7. The molecule has 1 fully saturated rings. The molecule has 1 aromatic carbocycles. The van der Waals surface area contributed by atoms with Crippen LogP contribution < -0.4 is 4.74 Å². The van der Waals surface area contributed by atoms with E-state index in [-0.39, 0.29) is 47.6 Å². The Morgan fingerprint density at radius 2 is 2.05 bits per heavy atom. The molecule has 206 valence electrons. The Kier molecular flexibility index (Phi) is 7.48. The molecule has 2 aliphatic heterocycles. The van der Waals surface area contributed by atoms with Crippen LogP contribution in [0.2, 0.25) is 0 Å². The van der Waals surface area contributed by atoms with Crippen LogP contribution in [0.3, 0.4) is 0 Å². The summed E-state index contributed by atoms with van der Waals surface area (Å²) in [4.78, 5) is 38.2. The first kappa shape index (κ1) is 26.9. The van der Waals surface area contributed by atoms with Gasteiger partial charge in [0.25, 0.3) is 5.92 Å². The average Bonchev–Trinajstić information content (AvgIpc) is 3.06. The molecule has 10 heteroatoms. The quantitative estimate of drug-likeness (QED) is 0.356. The Hall–Kier alpha value is -3.66. The minimum atomic E-state index is -3.23. The molecule has 0 radical (unpaired) electrons. The number of ketones is 1. The Bertz CT molecular complexity index is 1420. The number of benzene rings is 1. The van der Waals surface area contributed by atoms with Crippen molar-refractivity contribution < 1.29 is 23.1 Å². The molecule has 5 rings (SSSR count). The Morgan fingerprint density at radius 3 is 2.82 bits per heavy atom. The van der Waals surface area contributed by atoms with E-state index in [2.05, 4.69) is 11.6 Å². The lowest BCUT2D eigenvalue weighted by Gasteiger charge is -2.31. The number of imidazole rings is 1. The van der Waals surface area contributed by atoms with E-state index in [4.69, 9.17) is 9.72 Å². The highest BCUT2D eigenvalue weighted by atomic mass is 19.3.